The fourth-order valence-electron chi connectivity index (χ4n) is 3.93. The lowest BCUT2D eigenvalue weighted by molar-refractivity contribution is -0.117. The lowest BCUT2D eigenvalue weighted by atomic mass is 10.0. The van der Waals surface area contributed by atoms with Crippen LogP contribution in [0.1, 0.15) is 30.3 Å². The van der Waals surface area contributed by atoms with Gasteiger partial charge in [-0.3, -0.25) is 14.7 Å². The van der Waals surface area contributed by atoms with Gasteiger partial charge in [-0.2, -0.15) is 0 Å². The third-order valence-corrected chi connectivity index (χ3v) is 5.40. The Balaban J connectivity index is 1.48. The van der Waals surface area contributed by atoms with E-state index in [2.05, 4.69) is 26.3 Å². The van der Waals surface area contributed by atoms with Crippen molar-refractivity contribution in [2.75, 3.05) is 31.2 Å². The quantitative estimate of drug-likeness (QED) is 0.633. The average Bonchev–Trinajstić information content (AvgIpc) is 3.22. The van der Waals surface area contributed by atoms with E-state index in [0.29, 0.717) is 6.54 Å². The van der Waals surface area contributed by atoms with Crippen LogP contribution in [-0.4, -0.2) is 46.0 Å². The normalized spacial score (nSPS) is 16.3. The summed E-state index contributed by atoms with van der Waals surface area (Å²) in [5, 5.41) is 2.96. The van der Waals surface area contributed by atoms with Gasteiger partial charge in [0, 0.05) is 29.3 Å². The Kier molecular flexibility index (Phi) is 6.08. The summed E-state index contributed by atoms with van der Waals surface area (Å²) in [5.41, 5.74) is 10.1. The molecule has 8 nitrogen and oxygen atoms in total. The molecular weight excluding hydrogens is 392 g/mol. The van der Waals surface area contributed by atoms with Crippen molar-refractivity contribution in [2.45, 2.75) is 25.8 Å². The Morgan fingerprint density at radius 2 is 1.94 bits per heavy atom. The number of rotatable bonds is 6. The van der Waals surface area contributed by atoms with Crippen molar-refractivity contribution in [1.82, 2.24) is 19.9 Å². The summed E-state index contributed by atoms with van der Waals surface area (Å²) in [6, 6.07) is 11.5. The molecule has 1 aliphatic heterocycles. The van der Waals surface area contributed by atoms with E-state index in [-0.39, 0.29) is 17.9 Å². The van der Waals surface area contributed by atoms with Crippen LogP contribution in [0.3, 0.4) is 0 Å². The number of nitrogens with one attached hydrogen (secondary N) is 1. The van der Waals surface area contributed by atoms with Gasteiger partial charge in [0.1, 0.15) is 5.75 Å². The van der Waals surface area contributed by atoms with Crippen LogP contribution < -0.4 is 15.8 Å². The molecule has 1 fully saturated rings. The van der Waals surface area contributed by atoms with Crippen LogP contribution in [-0.2, 0) is 4.79 Å². The van der Waals surface area contributed by atoms with E-state index < -0.39 is 0 Å². The standard InChI is InChI=1S/C23H26N6O2/c1-15-10-16(17-12-25-23(24)26-13-17)11-20(27-15)21-4-3-9-29(21)14-22(30)28-18-5-7-19(31-2)8-6-18/h5-8,10-13,21H,3-4,9,14H2,1-2H3,(H,28,30)(H2,24,25,26). The Hall–Kier alpha value is -3.52. The van der Waals surface area contributed by atoms with E-state index >= 15 is 0 Å². The molecular formula is C23H26N6O2. The van der Waals surface area contributed by atoms with Crippen LogP contribution in [0.2, 0.25) is 0 Å². The van der Waals surface area contributed by atoms with Crippen molar-refractivity contribution in [2.24, 2.45) is 0 Å². The van der Waals surface area contributed by atoms with Crippen LogP contribution in [0, 0.1) is 6.92 Å². The maximum atomic E-state index is 12.7. The molecule has 1 amide bonds. The Morgan fingerprint density at radius 3 is 2.65 bits per heavy atom. The number of nitrogens with two attached hydrogens (primary N) is 1. The van der Waals surface area contributed by atoms with E-state index in [1.807, 2.05) is 37.3 Å². The van der Waals surface area contributed by atoms with Crippen molar-refractivity contribution in [1.29, 1.82) is 0 Å². The zero-order valence-corrected chi connectivity index (χ0v) is 17.7. The number of nitrogens with zero attached hydrogens (tertiary/aromatic N) is 4. The summed E-state index contributed by atoms with van der Waals surface area (Å²) in [6.07, 6.45) is 5.42. The fraction of sp³-hybridized carbons (Fsp3) is 0.304. The van der Waals surface area contributed by atoms with Crippen molar-refractivity contribution < 1.29 is 9.53 Å². The molecule has 1 aromatic carbocycles. The van der Waals surface area contributed by atoms with Gasteiger partial charge >= 0.3 is 0 Å². The molecule has 2 aromatic heterocycles. The number of nitrogen functional groups attached to an aromatic ring is 1. The third kappa shape index (κ3) is 4.97. The largest absolute Gasteiger partial charge is 0.497 e. The minimum absolute atomic E-state index is 0.0446. The molecule has 0 saturated carbocycles. The molecule has 0 aliphatic carbocycles. The van der Waals surface area contributed by atoms with Gasteiger partial charge in [0.25, 0.3) is 0 Å². The number of carbonyl (C=O) groups excluding carboxylic acids is 1. The number of likely N-dealkylation sites (tertiary alicyclic amines) is 1. The van der Waals surface area contributed by atoms with Gasteiger partial charge in [0.15, 0.2) is 0 Å². The molecule has 0 spiro atoms. The van der Waals surface area contributed by atoms with Crippen LogP contribution in [0.25, 0.3) is 11.1 Å². The van der Waals surface area contributed by atoms with Gasteiger partial charge in [0.2, 0.25) is 11.9 Å². The minimum atomic E-state index is -0.0446. The van der Waals surface area contributed by atoms with E-state index in [1.54, 1.807) is 19.5 Å². The highest BCUT2D eigenvalue weighted by Crippen LogP contribution is 2.33. The number of methoxy groups -OCH3 is 1. The van der Waals surface area contributed by atoms with Crippen molar-refractivity contribution >= 4 is 17.5 Å². The predicted molar refractivity (Wildman–Crippen MR) is 120 cm³/mol. The molecule has 160 valence electrons. The van der Waals surface area contributed by atoms with Gasteiger partial charge in [0.05, 0.1) is 25.4 Å². The highest BCUT2D eigenvalue weighted by Gasteiger charge is 2.29. The number of hydrogen-bond acceptors (Lipinski definition) is 7. The number of anilines is 2. The summed E-state index contributed by atoms with van der Waals surface area (Å²) < 4.78 is 5.16. The van der Waals surface area contributed by atoms with E-state index in [9.17, 15) is 4.79 Å². The molecule has 1 atom stereocenters. The number of aromatic nitrogens is 3. The van der Waals surface area contributed by atoms with Crippen LogP contribution in [0.5, 0.6) is 5.75 Å². The zero-order valence-electron chi connectivity index (χ0n) is 17.7. The Morgan fingerprint density at radius 1 is 1.19 bits per heavy atom. The Labute approximate surface area is 181 Å². The Bertz CT molecular complexity index is 1050. The monoisotopic (exact) mass is 418 g/mol. The SMILES string of the molecule is COc1ccc(NC(=O)CN2CCCC2c2cc(-c3cnc(N)nc3)cc(C)n2)cc1. The number of amides is 1. The van der Waals surface area contributed by atoms with Crippen LogP contribution in [0.4, 0.5) is 11.6 Å². The second-order valence-corrected chi connectivity index (χ2v) is 7.66. The first-order valence-corrected chi connectivity index (χ1v) is 10.3. The molecule has 0 radical (unpaired) electrons. The maximum absolute atomic E-state index is 12.7. The number of benzene rings is 1. The summed E-state index contributed by atoms with van der Waals surface area (Å²) in [7, 11) is 1.62. The van der Waals surface area contributed by atoms with E-state index in [1.165, 1.54) is 0 Å². The minimum Gasteiger partial charge on any atom is -0.497 e. The number of pyridine rings is 1. The van der Waals surface area contributed by atoms with Gasteiger partial charge in [-0.05, 0) is 68.3 Å². The molecule has 1 saturated heterocycles. The first-order chi connectivity index (χ1) is 15.0. The fourth-order valence-corrected chi connectivity index (χ4v) is 3.93. The zero-order chi connectivity index (χ0) is 21.8. The molecule has 0 bridgehead atoms. The van der Waals surface area contributed by atoms with Crippen molar-refractivity contribution in [3.63, 3.8) is 0 Å². The van der Waals surface area contributed by atoms with Gasteiger partial charge in [-0.1, -0.05) is 0 Å². The van der Waals surface area contributed by atoms with Crippen molar-refractivity contribution in [3.05, 3.63) is 60.2 Å². The number of hydrogen-bond donors (Lipinski definition) is 2. The van der Waals surface area contributed by atoms with E-state index in [4.69, 9.17) is 15.5 Å². The summed E-state index contributed by atoms with van der Waals surface area (Å²) >= 11 is 0. The molecule has 4 rings (SSSR count). The summed E-state index contributed by atoms with van der Waals surface area (Å²) in [6.45, 7) is 3.14. The predicted octanol–water partition coefficient (Wildman–Crippen LogP) is 3.21. The van der Waals surface area contributed by atoms with Gasteiger partial charge in [-0.25, -0.2) is 9.97 Å². The topological polar surface area (TPSA) is 106 Å². The lowest BCUT2D eigenvalue weighted by Crippen LogP contribution is -2.33. The number of ether oxygens (including phenoxy) is 1. The second-order valence-electron chi connectivity index (χ2n) is 7.66. The second kappa shape index (κ2) is 9.09. The number of carbonyl (C=O) groups is 1. The molecule has 3 heterocycles. The molecule has 1 aliphatic rings. The van der Waals surface area contributed by atoms with Gasteiger partial charge < -0.3 is 15.8 Å². The highest BCUT2D eigenvalue weighted by molar-refractivity contribution is 5.92. The summed E-state index contributed by atoms with van der Waals surface area (Å²) in [5.74, 6) is 0.960. The molecule has 31 heavy (non-hydrogen) atoms. The molecule has 1 unspecified atom stereocenters. The lowest BCUT2D eigenvalue weighted by Gasteiger charge is -2.24. The van der Waals surface area contributed by atoms with E-state index in [0.717, 1.165) is 53.3 Å². The van der Waals surface area contributed by atoms with Crippen molar-refractivity contribution in [3.8, 4) is 16.9 Å². The maximum Gasteiger partial charge on any atom is 0.238 e. The molecule has 3 N–H and O–H groups in total. The van der Waals surface area contributed by atoms with Crippen LogP contribution >= 0.6 is 0 Å². The molecule has 3 aromatic rings. The number of aryl methyl sites for hydroxylation is 1. The van der Waals surface area contributed by atoms with Gasteiger partial charge in [-0.15, -0.1) is 0 Å². The average molecular weight is 419 g/mol. The summed E-state index contributed by atoms with van der Waals surface area (Å²) in [4.78, 5) is 27.8. The smallest absolute Gasteiger partial charge is 0.238 e. The van der Waals surface area contributed by atoms with Crippen LogP contribution in [0.15, 0.2) is 48.8 Å². The first-order valence-electron chi connectivity index (χ1n) is 10.3. The third-order valence-electron chi connectivity index (χ3n) is 5.40. The first kappa shape index (κ1) is 20.7. The highest BCUT2D eigenvalue weighted by atomic mass is 16.5. The molecule has 8 heteroatoms.